The Morgan fingerprint density at radius 2 is 2.35 bits per heavy atom. The molecule has 0 saturated heterocycles. The highest BCUT2D eigenvalue weighted by Gasteiger charge is 2.23. The summed E-state index contributed by atoms with van der Waals surface area (Å²) in [7, 11) is 1.50. The summed E-state index contributed by atoms with van der Waals surface area (Å²) in [5.41, 5.74) is 1.88. The van der Waals surface area contributed by atoms with Crippen LogP contribution in [0.1, 0.15) is 23.6 Å². The smallest absolute Gasteiger partial charge is 0.305 e. The fraction of sp³-hybridized carbons (Fsp3) is 0.417. The van der Waals surface area contributed by atoms with E-state index < -0.39 is 5.97 Å². The van der Waals surface area contributed by atoms with Crippen LogP contribution in [0.3, 0.4) is 0 Å². The Bertz CT molecular complexity index is 444. The van der Waals surface area contributed by atoms with Gasteiger partial charge in [0.1, 0.15) is 0 Å². The van der Waals surface area contributed by atoms with Crippen LogP contribution >= 0.6 is 0 Å². The molecule has 0 aliphatic carbocycles. The summed E-state index contributed by atoms with van der Waals surface area (Å²) in [6.07, 6.45) is 0.820. The lowest BCUT2D eigenvalue weighted by Crippen LogP contribution is -2.31. The molecule has 0 spiro atoms. The van der Waals surface area contributed by atoms with E-state index in [0.717, 1.165) is 24.1 Å². The van der Waals surface area contributed by atoms with E-state index in [2.05, 4.69) is 5.32 Å². The zero-order valence-corrected chi connectivity index (χ0v) is 9.56. The van der Waals surface area contributed by atoms with Crippen molar-refractivity contribution in [2.75, 3.05) is 13.7 Å². The number of phenols is 1. The molecule has 1 aliphatic rings. The number of rotatable bonds is 3. The van der Waals surface area contributed by atoms with Crippen molar-refractivity contribution in [1.29, 1.82) is 0 Å². The van der Waals surface area contributed by atoms with Crippen LogP contribution in [-0.2, 0) is 11.2 Å². The number of ether oxygens (including phenoxy) is 1. The van der Waals surface area contributed by atoms with E-state index in [4.69, 9.17) is 9.84 Å². The lowest BCUT2D eigenvalue weighted by molar-refractivity contribution is -0.137. The molecule has 17 heavy (non-hydrogen) atoms. The maximum absolute atomic E-state index is 10.8. The normalized spacial score (nSPS) is 18.5. The number of carbonyl (C=O) groups is 1. The van der Waals surface area contributed by atoms with Gasteiger partial charge in [0.05, 0.1) is 13.5 Å². The number of hydrogen-bond donors (Lipinski definition) is 3. The Labute approximate surface area is 99.0 Å². The minimum absolute atomic E-state index is 0.0127. The molecule has 0 radical (unpaired) electrons. The number of phenolic OH excluding ortho intramolecular Hbond substituents is 1. The van der Waals surface area contributed by atoms with Crippen molar-refractivity contribution in [2.24, 2.45) is 0 Å². The molecule has 5 heteroatoms. The number of carboxylic acids is 1. The first kappa shape index (κ1) is 11.7. The van der Waals surface area contributed by atoms with Crippen molar-refractivity contribution in [3.8, 4) is 11.5 Å². The third-order valence-electron chi connectivity index (χ3n) is 2.98. The summed E-state index contributed by atoms with van der Waals surface area (Å²) in [5.74, 6) is -0.379. The van der Waals surface area contributed by atoms with Crippen LogP contribution < -0.4 is 10.1 Å². The van der Waals surface area contributed by atoms with Gasteiger partial charge in [0.25, 0.3) is 0 Å². The Morgan fingerprint density at radius 3 is 3.00 bits per heavy atom. The molecule has 0 aromatic heterocycles. The average molecular weight is 237 g/mol. The molecule has 3 N–H and O–H groups in total. The van der Waals surface area contributed by atoms with Gasteiger partial charge in [-0.05, 0) is 36.2 Å². The summed E-state index contributed by atoms with van der Waals surface area (Å²) in [6, 6.07) is 3.13. The second kappa shape index (κ2) is 4.63. The second-order valence-electron chi connectivity index (χ2n) is 4.08. The highest BCUT2D eigenvalue weighted by molar-refractivity contribution is 5.68. The molecule has 1 unspecified atom stereocenters. The van der Waals surface area contributed by atoms with Crippen LogP contribution in [-0.4, -0.2) is 29.8 Å². The Kier molecular flexibility index (Phi) is 3.19. The van der Waals surface area contributed by atoms with Crippen molar-refractivity contribution in [3.63, 3.8) is 0 Å². The lowest BCUT2D eigenvalue weighted by atomic mass is 9.92. The van der Waals surface area contributed by atoms with Gasteiger partial charge in [-0.1, -0.05) is 0 Å². The van der Waals surface area contributed by atoms with Crippen molar-refractivity contribution >= 4 is 5.97 Å². The Balaban J connectivity index is 2.37. The van der Waals surface area contributed by atoms with Crippen molar-refractivity contribution in [1.82, 2.24) is 5.32 Å². The quantitative estimate of drug-likeness (QED) is 0.732. The van der Waals surface area contributed by atoms with Crippen molar-refractivity contribution in [3.05, 3.63) is 23.3 Å². The molecule has 1 aliphatic heterocycles. The summed E-state index contributed by atoms with van der Waals surface area (Å²) < 4.78 is 5.04. The number of aromatic hydroxyl groups is 1. The van der Waals surface area contributed by atoms with E-state index in [1.54, 1.807) is 12.1 Å². The first-order valence-electron chi connectivity index (χ1n) is 5.46. The summed E-state index contributed by atoms with van der Waals surface area (Å²) in [6.45, 7) is 0.735. The molecule has 1 atom stereocenters. The third kappa shape index (κ3) is 2.34. The number of nitrogens with one attached hydrogen (secondary N) is 1. The van der Waals surface area contributed by atoms with Gasteiger partial charge in [-0.3, -0.25) is 4.79 Å². The van der Waals surface area contributed by atoms with Gasteiger partial charge in [0, 0.05) is 6.04 Å². The monoisotopic (exact) mass is 237 g/mol. The minimum atomic E-state index is -0.856. The van der Waals surface area contributed by atoms with E-state index >= 15 is 0 Å². The highest BCUT2D eigenvalue weighted by atomic mass is 16.5. The fourth-order valence-electron chi connectivity index (χ4n) is 2.18. The number of fused-ring (bicyclic) bond motifs is 1. The summed E-state index contributed by atoms with van der Waals surface area (Å²) in [5, 5.41) is 21.7. The molecule has 92 valence electrons. The minimum Gasteiger partial charge on any atom is -0.504 e. The Hall–Kier alpha value is -1.75. The molecule has 1 heterocycles. The predicted octanol–water partition coefficient (Wildman–Crippen LogP) is 1.06. The van der Waals surface area contributed by atoms with Gasteiger partial charge >= 0.3 is 5.97 Å². The van der Waals surface area contributed by atoms with Crippen LogP contribution in [0, 0.1) is 0 Å². The van der Waals surface area contributed by atoms with Crippen LogP contribution in [0.4, 0.5) is 0 Å². The van der Waals surface area contributed by atoms with Gasteiger partial charge in [-0.15, -0.1) is 0 Å². The second-order valence-corrected chi connectivity index (χ2v) is 4.08. The van der Waals surface area contributed by atoms with E-state index in [1.807, 2.05) is 0 Å². The van der Waals surface area contributed by atoms with E-state index in [9.17, 15) is 9.90 Å². The number of aliphatic carboxylic acids is 1. The number of benzene rings is 1. The van der Waals surface area contributed by atoms with E-state index in [1.165, 1.54) is 7.11 Å². The van der Waals surface area contributed by atoms with Crippen molar-refractivity contribution in [2.45, 2.75) is 18.9 Å². The Morgan fingerprint density at radius 1 is 1.59 bits per heavy atom. The molecular formula is C12H15NO4. The van der Waals surface area contributed by atoms with Gasteiger partial charge in [0.2, 0.25) is 0 Å². The topological polar surface area (TPSA) is 78.8 Å². The SMILES string of the molecule is COc1cc2c(cc1O)C(CC(=O)O)NCC2. The molecule has 2 rings (SSSR count). The third-order valence-corrected chi connectivity index (χ3v) is 2.98. The first-order valence-corrected chi connectivity index (χ1v) is 5.46. The number of carboxylic acid groups (broad SMARTS) is 1. The maximum Gasteiger partial charge on any atom is 0.305 e. The van der Waals surface area contributed by atoms with Crippen LogP contribution in [0.15, 0.2) is 12.1 Å². The number of methoxy groups -OCH3 is 1. The van der Waals surface area contributed by atoms with Crippen molar-refractivity contribution < 1.29 is 19.7 Å². The van der Waals surface area contributed by atoms with Gasteiger partial charge in [-0.2, -0.15) is 0 Å². The molecule has 0 fully saturated rings. The molecule has 5 nitrogen and oxygen atoms in total. The maximum atomic E-state index is 10.8. The summed E-state index contributed by atoms with van der Waals surface area (Å²) >= 11 is 0. The highest BCUT2D eigenvalue weighted by Crippen LogP contribution is 2.35. The first-order chi connectivity index (χ1) is 8.11. The fourth-order valence-corrected chi connectivity index (χ4v) is 2.18. The molecule has 0 amide bonds. The summed E-state index contributed by atoms with van der Waals surface area (Å²) in [4.78, 5) is 10.8. The molecule has 1 aromatic rings. The van der Waals surface area contributed by atoms with Crippen LogP contribution in [0.25, 0.3) is 0 Å². The lowest BCUT2D eigenvalue weighted by Gasteiger charge is -2.26. The molecule has 1 aromatic carbocycles. The van der Waals surface area contributed by atoms with E-state index in [0.29, 0.717) is 5.75 Å². The molecule has 0 saturated carbocycles. The standard InChI is InChI=1S/C12H15NO4/c1-17-11-4-7-2-3-13-9(6-12(15)16)8(7)5-10(11)14/h4-5,9,13-14H,2-3,6H2,1H3,(H,15,16). The zero-order valence-electron chi connectivity index (χ0n) is 9.56. The van der Waals surface area contributed by atoms with E-state index in [-0.39, 0.29) is 18.2 Å². The zero-order chi connectivity index (χ0) is 12.4. The van der Waals surface area contributed by atoms with Crippen LogP contribution in [0.5, 0.6) is 11.5 Å². The molecule has 0 bridgehead atoms. The predicted molar refractivity (Wildman–Crippen MR) is 61.4 cm³/mol. The largest absolute Gasteiger partial charge is 0.504 e. The van der Waals surface area contributed by atoms with Gasteiger partial charge in [-0.25, -0.2) is 0 Å². The number of hydrogen-bond acceptors (Lipinski definition) is 4. The van der Waals surface area contributed by atoms with Gasteiger partial charge < -0.3 is 20.3 Å². The average Bonchev–Trinajstić information content (AvgIpc) is 2.28. The molecular weight excluding hydrogens is 222 g/mol. The van der Waals surface area contributed by atoms with Crippen LogP contribution in [0.2, 0.25) is 0 Å². The van der Waals surface area contributed by atoms with Gasteiger partial charge in [0.15, 0.2) is 11.5 Å².